The second-order valence-corrected chi connectivity index (χ2v) is 3.89. The number of H-pyrrole nitrogens is 1. The minimum Gasteiger partial charge on any atom is -0.303 e. The van der Waals surface area contributed by atoms with Crippen LogP contribution in [0, 0.1) is 4.77 Å². The SMILES string of the molecule is Cn1c(-c2cnn3ccccc23)n[nH]c1=S. The van der Waals surface area contributed by atoms with E-state index in [4.69, 9.17) is 12.2 Å². The number of hydrogen-bond acceptors (Lipinski definition) is 3. The van der Waals surface area contributed by atoms with Crippen molar-refractivity contribution in [3.05, 3.63) is 35.4 Å². The van der Waals surface area contributed by atoms with Crippen molar-refractivity contribution in [1.82, 2.24) is 24.4 Å². The van der Waals surface area contributed by atoms with Crippen molar-refractivity contribution in [2.45, 2.75) is 0 Å². The maximum absolute atomic E-state index is 5.09. The Labute approximate surface area is 96.3 Å². The molecule has 0 bridgehead atoms. The van der Waals surface area contributed by atoms with Gasteiger partial charge in [0.15, 0.2) is 10.6 Å². The summed E-state index contributed by atoms with van der Waals surface area (Å²) in [5.41, 5.74) is 1.98. The van der Waals surface area contributed by atoms with Crippen molar-refractivity contribution < 1.29 is 0 Å². The average molecular weight is 231 g/mol. The average Bonchev–Trinajstić information content (AvgIpc) is 2.85. The fourth-order valence-electron chi connectivity index (χ4n) is 1.69. The number of hydrogen-bond donors (Lipinski definition) is 1. The summed E-state index contributed by atoms with van der Waals surface area (Å²) >= 11 is 5.09. The first-order chi connectivity index (χ1) is 7.77. The van der Waals surface area contributed by atoms with Crippen molar-refractivity contribution in [1.29, 1.82) is 0 Å². The lowest BCUT2D eigenvalue weighted by Crippen LogP contribution is -1.92. The highest BCUT2D eigenvalue weighted by Crippen LogP contribution is 2.21. The van der Waals surface area contributed by atoms with Crippen LogP contribution < -0.4 is 0 Å². The van der Waals surface area contributed by atoms with Gasteiger partial charge >= 0.3 is 0 Å². The maximum atomic E-state index is 5.09. The van der Waals surface area contributed by atoms with Crippen LogP contribution in [0.1, 0.15) is 0 Å². The molecule has 0 aliphatic heterocycles. The van der Waals surface area contributed by atoms with Gasteiger partial charge in [-0.1, -0.05) is 6.07 Å². The molecule has 0 saturated carbocycles. The second-order valence-electron chi connectivity index (χ2n) is 3.50. The Balaban J connectivity index is 2.34. The molecule has 16 heavy (non-hydrogen) atoms. The Hall–Kier alpha value is -1.95. The lowest BCUT2D eigenvalue weighted by atomic mass is 10.2. The third kappa shape index (κ3) is 1.20. The molecule has 0 radical (unpaired) electrons. The molecule has 0 unspecified atom stereocenters. The smallest absolute Gasteiger partial charge is 0.195 e. The van der Waals surface area contributed by atoms with Gasteiger partial charge in [-0.15, -0.1) is 0 Å². The van der Waals surface area contributed by atoms with Crippen LogP contribution >= 0.6 is 12.2 Å². The second kappa shape index (κ2) is 3.28. The molecule has 80 valence electrons. The fraction of sp³-hybridized carbons (Fsp3) is 0.100. The van der Waals surface area contributed by atoms with E-state index in [9.17, 15) is 0 Å². The summed E-state index contributed by atoms with van der Waals surface area (Å²) in [6.45, 7) is 0. The van der Waals surface area contributed by atoms with E-state index < -0.39 is 0 Å². The number of nitrogens with zero attached hydrogens (tertiary/aromatic N) is 4. The number of aromatic amines is 1. The van der Waals surface area contributed by atoms with Gasteiger partial charge in [-0.3, -0.25) is 5.10 Å². The summed E-state index contributed by atoms with van der Waals surface area (Å²) in [7, 11) is 1.88. The molecule has 0 amide bonds. The first-order valence-corrected chi connectivity index (χ1v) is 5.22. The van der Waals surface area contributed by atoms with E-state index in [0.29, 0.717) is 4.77 Å². The third-order valence-electron chi connectivity index (χ3n) is 2.55. The Morgan fingerprint density at radius 2 is 2.25 bits per heavy atom. The van der Waals surface area contributed by atoms with Gasteiger partial charge in [-0.25, -0.2) is 4.52 Å². The van der Waals surface area contributed by atoms with Gasteiger partial charge in [0.25, 0.3) is 0 Å². The molecule has 0 saturated heterocycles. The summed E-state index contributed by atoms with van der Waals surface area (Å²) in [5, 5.41) is 11.2. The molecule has 0 aliphatic carbocycles. The zero-order chi connectivity index (χ0) is 11.1. The lowest BCUT2D eigenvalue weighted by molar-refractivity contribution is 0.903. The van der Waals surface area contributed by atoms with Gasteiger partial charge < -0.3 is 4.57 Å². The van der Waals surface area contributed by atoms with Crippen LogP contribution in [-0.2, 0) is 7.05 Å². The summed E-state index contributed by atoms with van der Waals surface area (Å²) in [6.07, 6.45) is 3.69. The van der Waals surface area contributed by atoms with Crippen molar-refractivity contribution in [3.8, 4) is 11.4 Å². The van der Waals surface area contributed by atoms with E-state index in [0.717, 1.165) is 16.9 Å². The molecule has 0 spiro atoms. The van der Waals surface area contributed by atoms with E-state index >= 15 is 0 Å². The normalized spacial score (nSPS) is 11.1. The van der Waals surface area contributed by atoms with Crippen molar-refractivity contribution >= 4 is 17.7 Å². The quantitative estimate of drug-likeness (QED) is 0.650. The number of rotatable bonds is 1. The predicted molar refractivity (Wildman–Crippen MR) is 62.6 cm³/mol. The summed E-state index contributed by atoms with van der Waals surface area (Å²) in [5.74, 6) is 0.797. The van der Waals surface area contributed by atoms with Crippen LogP contribution in [0.25, 0.3) is 16.9 Å². The number of fused-ring (bicyclic) bond motifs is 1. The first-order valence-electron chi connectivity index (χ1n) is 4.81. The highest BCUT2D eigenvalue weighted by atomic mass is 32.1. The summed E-state index contributed by atoms with van der Waals surface area (Å²) in [4.78, 5) is 0. The van der Waals surface area contributed by atoms with Crippen LogP contribution in [0.5, 0.6) is 0 Å². The van der Waals surface area contributed by atoms with E-state index in [1.54, 1.807) is 6.20 Å². The lowest BCUT2D eigenvalue weighted by Gasteiger charge is -1.97. The van der Waals surface area contributed by atoms with E-state index in [2.05, 4.69) is 15.3 Å². The number of nitrogens with one attached hydrogen (secondary N) is 1. The van der Waals surface area contributed by atoms with E-state index in [1.165, 1.54) is 0 Å². The molecule has 5 nitrogen and oxygen atoms in total. The van der Waals surface area contributed by atoms with E-state index in [-0.39, 0.29) is 0 Å². The maximum Gasteiger partial charge on any atom is 0.195 e. The standard InChI is InChI=1S/C10H9N5S/c1-14-9(12-13-10(14)16)7-6-11-15-5-3-2-4-8(7)15/h2-6H,1H3,(H,13,16). The molecule has 3 heterocycles. The zero-order valence-electron chi connectivity index (χ0n) is 8.58. The van der Waals surface area contributed by atoms with Crippen LogP contribution in [0.15, 0.2) is 30.6 Å². The van der Waals surface area contributed by atoms with Crippen molar-refractivity contribution in [2.75, 3.05) is 0 Å². The predicted octanol–water partition coefficient (Wildman–Crippen LogP) is 1.79. The van der Waals surface area contributed by atoms with Crippen LogP contribution in [0.2, 0.25) is 0 Å². The van der Waals surface area contributed by atoms with Gasteiger partial charge in [0.05, 0.1) is 17.3 Å². The van der Waals surface area contributed by atoms with Crippen LogP contribution in [0.4, 0.5) is 0 Å². The van der Waals surface area contributed by atoms with Crippen LogP contribution in [-0.4, -0.2) is 24.4 Å². The Kier molecular flexibility index (Phi) is 1.90. The molecular formula is C10H9N5S. The highest BCUT2D eigenvalue weighted by molar-refractivity contribution is 7.71. The molecule has 6 heteroatoms. The highest BCUT2D eigenvalue weighted by Gasteiger charge is 2.11. The van der Waals surface area contributed by atoms with Gasteiger partial charge in [0, 0.05) is 13.2 Å². The molecule has 0 aromatic carbocycles. The molecular weight excluding hydrogens is 222 g/mol. The minimum absolute atomic E-state index is 0.602. The zero-order valence-corrected chi connectivity index (χ0v) is 9.40. The number of aromatic nitrogens is 5. The Morgan fingerprint density at radius 1 is 1.38 bits per heavy atom. The van der Waals surface area contributed by atoms with Gasteiger partial charge in [0.2, 0.25) is 0 Å². The Bertz CT molecular complexity index is 705. The minimum atomic E-state index is 0.602. The summed E-state index contributed by atoms with van der Waals surface area (Å²) in [6, 6.07) is 5.91. The summed E-state index contributed by atoms with van der Waals surface area (Å²) < 4.78 is 4.25. The molecule has 1 N–H and O–H groups in total. The number of pyridine rings is 1. The van der Waals surface area contributed by atoms with Gasteiger partial charge in [0.1, 0.15) is 0 Å². The van der Waals surface area contributed by atoms with Crippen molar-refractivity contribution in [3.63, 3.8) is 0 Å². The van der Waals surface area contributed by atoms with Gasteiger partial charge in [-0.2, -0.15) is 10.2 Å². The molecule has 0 atom stereocenters. The molecule has 0 aliphatic rings. The Morgan fingerprint density at radius 3 is 3.00 bits per heavy atom. The monoisotopic (exact) mass is 231 g/mol. The first kappa shape index (κ1) is 9.29. The van der Waals surface area contributed by atoms with Crippen LogP contribution in [0.3, 0.4) is 0 Å². The topological polar surface area (TPSA) is 50.9 Å². The molecule has 0 fully saturated rings. The third-order valence-corrected chi connectivity index (χ3v) is 2.91. The largest absolute Gasteiger partial charge is 0.303 e. The van der Waals surface area contributed by atoms with Gasteiger partial charge in [-0.05, 0) is 24.4 Å². The molecule has 3 aromatic rings. The van der Waals surface area contributed by atoms with E-state index in [1.807, 2.05) is 40.5 Å². The molecule has 3 rings (SSSR count). The van der Waals surface area contributed by atoms with Crippen molar-refractivity contribution in [2.24, 2.45) is 7.05 Å². The fourth-order valence-corrected chi connectivity index (χ4v) is 1.83. The molecule has 3 aromatic heterocycles.